The van der Waals surface area contributed by atoms with Crippen LogP contribution in [0.5, 0.6) is 0 Å². The molecule has 0 spiro atoms. The van der Waals surface area contributed by atoms with Crippen LogP contribution >= 0.6 is 0 Å². The normalized spacial score (nSPS) is 20.1. The molecule has 1 fully saturated rings. The smallest absolute Gasteiger partial charge is 0.180 e. The number of nitrogens with one attached hydrogen (secondary N) is 1. The van der Waals surface area contributed by atoms with E-state index in [0.29, 0.717) is 0 Å². The number of nitrogens with zero attached hydrogens (tertiary/aromatic N) is 4. The van der Waals surface area contributed by atoms with Crippen LogP contribution in [0.15, 0.2) is 18.6 Å². The van der Waals surface area contributed by atoms with Gasteiger partial charge in [-0.05, 0) is 32.1 Å². The van der Waals surface area contributed by atoms with E-state index in [4.69, 9.17) is 4.98 Å². The summed E-state index contributed by atoms with van der Waals surface area (Å²) >= 11 is 0. The van der Waals surface area contributed by atoms with Crippen molar-refractivity contribution >= 4 is 17.3 Å². The SMILES string of the molecule is CCNc1cn2ccnc2c(N2CCCC(C)CC2)n1. The first-order valence-corrected chi connectivity index (χ1v) is 7.60. The van der Waals surface area contributed by atoms with Crippen LogP contribution in [0.4, 0.5) is 11.6 Å². The van der Waals surface area contributed by atoms with Gasteiger partial charge in [0.2, 0.25) is 0 Å². The molecule has 0 aliphatic carbocycles. The zero-order valence-corrected chi connectivity index (χ0v) is 12.3. The van der Waals surface area contributed by atoms with Gasteiger partial charge in [0.05, 0.1) is 6.20 Å². The molecular formula is C15H23N5. The Morgan fingerprint density at radius 3 is 3.10 bits per heavy atom. The summed E-state index contributed by atoms with van der Waals surface area (Å²) in [6, 6.07) is 0. The van der Waals surface area contributed by atoms with Crippen LogP contribution in [0.2, 0.25) is 0 Å². The van der Waals surface area contributed by atoms with Crippen LogP contribution in [0.3, 0.4) is 0 Å². The van der Waals surface area contributed by atoms with Gasteiger partial charge in [0, 0.05) is 32.0 Å². The molecule has 5 nitrogen and oxygen atoms in total. The van der Waals surface area contributed by atoms with E-state index in [9.17, 15) is 0 Å². The van der Waals surface area contributed by atoms with Gasteiger partial charge in [0.1, 0.15) is 5.82 Å². The van der Waals surface area contributed by atoms with E-state index in [0.717, 1.165) is 42.8 Å². The lowest BCUT2D eigenvalue weighted by Gasteiger charge is -2.22. The van der Waals surface area contributed by atoms with Crippen molar-refractivity contribution in [3.8, 4) is 0 Å². The van der Waals surface area contributed by atoms with Crippen LogP contribution in [-0.4, -0.2) is 34.0 Å². The number of aromatic nitrogens is 3. The first-order valence-electron chi connectivity index (χ1n) is 7.60. The summed E-state index contributed by atoms with van der Waals surface area (Å²) in [6.07, 6.45) is 9.63. The van der Waals surface area contributed by atoms with Crippen LogP contribution in [0, 0.1) is 5.92 Å². The minimum absolute atomic E-state index is 0.813. The van der Waals surface area contributed by atoms with Crippen molar-refractivity contribution in [3.63, 3.8) is 0 Å². The Kier molecular flexibility index (Phi) is 3.76. The molecule has 1 aliphatic rings. The minimum atomic E-state index is 0.813. The van der Waals surface area contributed by atoms with Gasteiger partial charge in [-0.3, -0.25) is 0 Å². The molecule has 1 unspecified atom stereocenters. The second-order valence-corrected chi connectivity index (χ2v) is 5.66. The second-order valence-electron chi connectivity index (χ2n) is 5.66. The highest BCUT2D eigenvalue weighted by molar-refractivity contribution is 5.66. The Hall–Kier alpha value is -1.78. The average Bonchev–Trinajstić information content (AvgIpc) is 2.80. The number of rotatable bonds is 3. The topological polar surface area (TPSA) is 45.5 Å². The molecule has 0 bridgehead atoms. The predicted molar refractivity (Wildman–Crippen MR) is 82.4 cm³/mol. The Balaban J connectivity index is 1.97. The van der Waals surface area contributed by atoms with Gasteiger partial charge >= 0.3 is 0 Å². The van der Waals surface area contributed by atoms with Crippen LogP contribution in [0.1, 0.15) is 33.1 Å². The van der Waals surface area contributed by atoms with Crippen molar-refractivity contribution in [1.82, 2.24) is 14.4 Å². The minimum Gasteiger partial charge on any atom is -0.369 e. The maximum Gasteiger partial charge on any atom is 0.180 e. The molecule has 108 valence electrons. The van der Waals surface area contributed by atoms with E-state index in [2.05, 4.69) is 33.4 Å². The highest BCUT2D eigenvalue weighted by Gasteiger charge is 2.18. The Labute approximate surface area is 120 Å². The molecule has 5 heteroatoms. The van der Waals surface area contributed by atoms with E-state index < -0.39 is 0 Å². The number of hydrogen-bond donors (Lipinski definition) is 1. The van der Waals surface area contributed by atoms with Gasteiger partial charge in [0.15, 0.2) is 11.5 Å². The fourth-order valence-corrected chi connectivity index (χ4v) is 2.87. The van der Waals surface area contributed by atoms with Gasteiger partial charge < -0.3 is 14.6 Å². The van der Waals surface area contributed by atoms with Crippen LogP contribution in [-0.2, 0) is 0 Å². The molecule has 1 aliphatic heterocycles. The number of imidazole rings is 1. The largest absolute Gasteiger partial charge is 0.369 e. The van der Waals surface area contributed by atoms with Crippen molar-refractivity contribution in [2.75, 3.05) is 29.9 Å². The molecule has 3 rings (SSSR count). The lowest BCUT2D eigenvalue weighted by Crippen LogP contribution is -2.26. The maximum atomic E-state index is 4.78. The van der Waals surface area contributed by atoms with Crippen molar-refractivity contribution in [3.05, 3.63) is 18.6 Å². The first kappa shape index (κ1) is 13.2. The number of hydrogen-bond acceptors (Lipinski definition) is 4. The maximum absolute atomic E-state index is 4.78. The summed E-state index contributed by atoms with van der Waals surface area (Å²) in [6.45, 7) is 7.47. The van der Waals surface area contributed by atoms with Gasteiger partial charge in [-0.25, -0.2) is 9.97 Å². The standard InChI is InChI=1S/C15H23N5/c1-3-16-13-11-20-10-7-17-14(20)15(18-13)19-8-4-5-12(2)6-9-19/h7,10-12,16H,3-6,8-9H2,1-2H3. The van der Waals surface area contributed by atoms with Crippen LogP contribution in [0.25, 0.3) is 5.65 Å². The lowest BCUT2D eigenvalue weighted by atomic mass is 10.0. The summed E-state index contributed by atoms with van der Waals surface area (Å²) in [7, 11) is 0. The zero-order valence-electron chi connectivity index (χ0n) is 12.3. The van der Waals surface area contributed by atoms with E-state index in [1.54, 1.807) is 0 Å². The first-order chi connectivity index (χ1) is 9.78. The van der Waals surface area contributed by atoms with Crippen molar-refractivity contribution in [2.24, 2.45) is 5.92 Å². The number of anilines is 2. The van der Waals surface area contributed by atoms with Gasteiger partial charge in [-0.15, -0.1) is 0 Å². The third kappa shape index (κ3) is 2.57. The molecule has 2 aromatic rings. The number of fused-ring (bicyclic) bond motifs is 1. The molecule has 1 atom stereocenters. The quantitative estimate of drug-likeness (QED) is 0.934. The van der Waals surface area contributed by atoms with Crippen molar-refractivity contribution in [1.29, 1.82) is 0 Å². The molecule has 20 heavy (non-hydrogen) atoms. The Bertz CT molecular complexity index is 577. The van der Waals surface area contributed by atoms with Crippen LogP contribution < -0.4 is 10.2 Å². The lowest BCUT2D eigenvalue weighted by molar-refractivity contribution is 0.521. The fourth-order valence-electron chi connectivity index (χ4n) is 2.87. The molecule has 3 heterocycles. The summed E-state index contributed by atoms with van der Waals surface area (Å²) in [5, 5.41) is 3.31. The summed E-state index contributed by atoms with van der Waals surface area (Å²) in [5.41, 5.74) is 0.959. The highest BCUT2D eigenvalue weighted by atomic mass is 15.2. The third-order valence-electron chi connectivity index (χ3n) is 4.03. The molecule has 0 aromatic carbocycles. The molecule has 0 amide bonds. The van der Waals surface area contributed by atoms with Crippen molar-refractivity contribution < 1.29 is 0 Å². The van der Waals surface area contributed by atoms with E-state index in [1.165, 1.54) is 19.3 Å². The van der Waals surface area contributed by atoms with E-state index >= 15 is 0 Å². The summed E-state index contributed by atoms with van der Waals surface area (Å²) < 4.78 is 2.06. The zero-order chi connectivity index (χ0) is 13.9. The predicted octanol–water partition coefficient (Wildman–Crippen LogP) is 2.79. The third-order valence-corrected chi connectivity index (χ3v) is 4.03. The van der Waals surface area contributed by atoms with Gasteiger partial charge in [0.25, 0.3) is 0 Å². The molecule has 2 aromatic heterocycles. The molecule has 0 radical (unpaired) electrons. The summed E-state index contributed by atoms with van der Waals surface area (Å²) in [4.78, 5) is 11.7. The van der Waals surface area contributed by atoms with Crippen molar-refractivity contribution in [2.45, 2.75) is 33.1 Å². The fraction of sp³-hybridized carbons (Fsp3) is 0.600. The Morgan fingerprint density at radius 2 is 2.25 bits per heavy atom. The average molecular weight is 273 g/mol. The monoisotopic (exact) mass is 273 g/mol. The Morgan fingerprint density at radius 1 is 1.35 bits per heavy atom. The van der Waals surface area contributed by atoms with Gasteiger partial charge in [-0.2, -0.15) is 0 Å². The highest BCUT2D eigenvalue weighted by Crippen LogP contribution is 2.25. The molecule has 0 saturated carbocycles. The summed E-state index contributed by atoms with van der Waals surface area (Å²) in [5.74, 6) is 2.75. The molecule has 1 saturated heterocycles. The second kappa shape index (κ2) is 5.69. The molecule has 1 N–H and O–H groups in total. The molecular weight excluding hydrogens is 250 g/mol. The van der Waals surface area contributed by atoms with E-state index in [-0.39, 0.29) is 0 Å². The van der Waals surface area contributed by atoms with E-state index in [1.807, 2.05) is 18.6 Å². The van der Waals surface area contributed by atoms with Gasteiger partial charge in [-0.1, -0.05) is 6.92 Å².